The van der Waals surface area contributed by atoms with Crippen LogP contribution >= 0.6 is 0 Å². The van der Waals surface area contributed by atoms with Crippen LogP contribution in [0.1, 0.15) is 39.5 Å². The van der Waals surface area contributed by atoms with Crippen molar-refractivity contribution in [1.82, 2.24) is 0 Å². The highest BCUT2D eigenvalue weighted by molar-refractivity contribution is 4.33. The van der Waals surface area contributed by atoms with E-state index in [1.54, 1.807) is 0 Å². The zero-order chi connectivity index (χ0) is 10.5. The van der Waals surface area contributed by atoms with Crippen molar-refractivity contribution in [2.45, 2.75) is 39.5 Å². The van der Waals surface area contributed by atoms with Gasteiger partial charge in [-0.1, -0.05) is 26.7 Å². The molecule has 0 atom stereocenters. The van der Waals surface area contributed by atoms with Crippen LogP contribution in [0.3, 0.4) is 0 Å². The number of hydrogen-bond donors (Lipinski definition) is 0. The molecule has 0 bridgehead atoms. The molecular weight excluding hydrogens is 180 g/mol. The van der Waals surface area contributed by atoms with E-state index in [1.807, 2.05) is 0 Å². The molecule has 0 saturated carbocycles. The fourth-order valence-corrected chi connectivity index (χ4v) is 0.889. The van der Waals surface area contributed by atoms with E-state index in [9.17, 15) is 0 Å². The lowest BCUT2D eigenvalue weighted by molar-refractivity contribution is 0.0692. The van der Waals surface area contributed by atoms with Gasteiger partial charge in [0.25, 0.3) is 0 Å². The van der Waals surface area contributed by atoms with Crippen molar-refractivity contribution < 1.29 is 14.2 Å². The smallest absolute Gasteiger partial charge is 0.146 e. The van der Waals surface area contributed by atoms with E-state index in [4.69, 9.17) is 14.2 Å². The Balaban J connectivity index is 0.000000280. The van der Waals surface area contributed by atoms with Crippen molar-refractivity contribution >= 4 is 0 Å². The van der Waals surface area contributed by atoms with Gasteiger partial charge in [0, 0.05) is 13.2 Å². The number of hydrogen-bond acceptors (Lipinski definition) is 3. The zero-order valence-electron chi connectivity index (χ0n) is 9.59. The summed E-state index contributed by atoms with van der Waals surface area (Å²) in [5.74, 6) is 0. The molecule has 0 radical (unpaired) electrons. The van der Waals surface area contributed by atoms with Gasteiger partial charge in [-0.25, -0.2) is 0 Å². The molecule has 3 nitrogen and oxygen atoms in total. The first kappa shape index (κ1) is 13.9. The molecule has 1 aliphatic heterocycles. The third kappa shape index (κ3) is 11.9. The molecule has 1 heterocycles. The van der Waals surface area contributed by atoms with Gasteiger partial charge in [-0.2, -0.15) is 0 Å². The van der Waals surface area contributed by atoms with Gasteiger partial charge in [-0.05, 0) is 12.8 Å². The van der Waals surface area contributed by atoms with Gasteiger partial charge in [0.2, 0.25) is 0 Å². The monoisotopic (exact) mass is 204 g/mol. The van der Waals surface area contributed by atoms with Gasteiger partial charge in [-0.3, -0.25) is 0 Å². The highest BCUT2D eigenvalue weighted by Crippen LogP contribution is 1.91. The second kappa shape index (κ2) is 12.9. The first-order chi connectivity index (χ1) is 6.91. The molecule has 0 spiro atoms. The number of rotatable bonds is 6. The second-order valence-electron chi connectivity index (χ2n) is 3.25. The summed E-state index contributed by atoms with van der Waals surface area (Å²) in [6, 6.07) is 0. The Labute approximate surface area is 87.7 Å². The van der Waals surface area contributed by atoms with Crippen LogP contribution in [0, 0.1) is 0 Å². The van der Waals surface area contributed by atoms with E-state index >= 15 is 0 Å². The van der Waals surface area contributed by atoms with Crippen LogP contribution in [-0.4, -0.2) is 33.2 Å². The zero-order valence-corrected chi connectivity index (χ0v) is 9.59. The predicted octanol–water partition coefficient (Wildman–Crippen LogP) is 2.59. The first-order valence-electron chi connectivity index (χ1n) is 5.65. The standard InChI is InChI=1S/C8H18O.C3H6O2/c1-3-5-7-9-8-6-4-2;1-2-5-3-4-1/h3-8H2,1-2H3;1-3H2. The van der Waals surface area contributed by atoms with Crippen molar-refractivity contribution in [2.75, 3.05) is 33.2 Å². The minimum Gasteiger partial charge on any atom is -0.381 e. The molecule has 86 valence electrons. The van der Waals surface area contributed by atoms with Gasteiger partial charge in [0.1, 0.15) is 6.79 Å². The lowest BCUT2D eigenvalue weighted by atomic mass is 10.3. The van der Waals surface area contributed by atoms with E-state index in [2.05, 4.69) is 13.8 Å². The maximum atomic E-state index is 5.31. The first-order valence-corrected chi connectivity index (χ1v) is 5.65. The van der Waals surface area contributed by atoms with Gasteiger partial charge >= 0.3 is 0 Å². The molecular formula is C11H24O3. The molecule has 0 aromatic carbocycles. The van der Waals surface area contributed by atoms with Crippen LogP contribution in [0.25, 0.3) is 0 Å². The van der Waals surface area contributed by atoms with Crippen molar-refractivity contribution in [3.05, 3.63) is 0 Å². The quantitative estimate of drug-likeness (QED) is 0.622. The highest BCUT2D eigenvalue weighted by atomic mass is 16.7. The topological polar surface area (TPSA) is 27.7 Å². The van der Waals surface area contributed by atoms with Gasteiger partial charge < -0.3 is 14.2 Å². The Morgan fingerprint density at radius 1 is 0.929 bits per heavy atom. The summed E-state index contributed by atoms with van der Waals surface area (Å²) in [6.07, 6.45) is 4.91. The van der Waals surface area contributed by atoms with Crippen molar-refractivity contribution in [1.29, 1.82) is 0 Å². The van der Waals surface area contributed by atoms with Crippen LogP contribution in [0.5, 0.6) is 0 Å². The van der Waals surface area contributed by atoms with E-state index in [-0.39, 0.29) is 0 Å². The summed E-state index contributed by atoms with van der Waals surface area (Å²) in [5, 5.41) is 0. The molecule has 0 aromatic rings. The second-order valence-corrected chi connectivity index (χ2v) is 3.25. The number of unbranched alkanes of at least 4 members (excludes halogenated alkanes) is 2. The molecule has 0 unspecified atom stereocenters. The van der Waals surface area contributed by atoms with E-state index < -0.39 is 0 Å². The molecule has 1 aliphatic rings. The van der Waals surface area contributed by atoms with Crippen LogP contribution in [-0.2, 0) is 14.2 Å². The van der Waals surface area contributed by atoms with Crippen molar-refractivity contribution in [3.63, 3.8) is 0 Å². The summed E-state index contributed by atoms with van der Waals surface area (Å²) in [5.41, 5.74) is 0. The van der Waals surface area contributed by atoms with Crippen molar-refractivity contribution in [2.24, 2.45) is 0 Å². The summed E-state index contributed by atoms with van der Waals surface area (Å²) < 4.78 is 14.8. The number of ether oxygens (including phenoxy) is 3. The van der Waals surface area contributed by atoms with Crippen LogP contribution in [0.15, 0.2) is 0 Å². The molecule has 0 aliphatic carbocycles. The van der Waals surface area contributed by atoms with E-state index in [1.165, 1.54) is 25.7 Å². The Kier molecular flexibility index (Phi) is 12.8. The maximum Gasteiger partial charge on any atom is 0.146 e. The lowest BCUT2D eigenvalue weighted by Crippen LogP contribution is -1.95. The van der Waals surface area contributed by atoms with Crippen LogP contribution in [0.4, 0.5) is 0 Å². The molecule has 1 fully saturated rings. The third-order valence-corrected chi connectivity index (χ3v) is 1.82. The molecule has 0 amide bonds. The van der Waals surface area contributed by atoms with Crippen LogP contribution < -0.4 is 0 Å². The fraction of sp³-hybridized carbons (Fsp3) is 1.00. The summed E-state index contributed by atoms with van der Waals surface area (Å²) in [6.45, 7) is 8.33. The SMILES string of the molecule is C1COCO1.CCCCOCCCC. The third-order valence-electron chi connectivity index (χ3n) is 1.82. The maximum absolute atomic E-state index is 5.31. The summed E-state index contributed by atoms with van der Waals surface area (Å²) in [4.78, 5) is 0. The fourth-order valence-electron chi connectivity index (χ4n) is 0.889. The predicted molar refractivity (Wildman–Crippen MR) is 57.4 cm³/mol. The molecule has 1 saturated heterocycles. The minimum absolute atomic E-state index is 0.500. The van der Waals surface area contributed by atoms with E-state index in [0.717, 1.165) is 26.4 Å². The average Bonchev–Trinajstić information content (AvgIpc) is 2.76. The van der Waals surface area contributed by atoms with Crippen molar-refractivity contribution in [3.8, 4) is 0 Å². The Hall–Kier alpha value is -0.120. The summed E-state index contributed by atoms with van der Waals surface area (Å²) >= 11 is 0. The lowest BCUT2D eigenvalue weighted by Gasteiger charge is -1.99. The Bertz CT molecular complexity index is 78.9. The van der Waals surface area contributed by atoms with E-state index in [0.29, 0.717) is 6.79 Å². The highest BCUT2D eigenvalue weighted by Gasteiger charge is 1.93. The van der Waals surface area contributed by atoms with Gasteiger partial charge in [-0.15, -0.1) is 0 Å². The van der Waals surface area contributed by atoms with Gasteiger partial charge in [0.05, 0.1) is 13.2 Å². The molecule has 1 rings (SSSR count). The Morgan fingerprint density at radius 2 is 1.43 bits per heavy atom. The summed E-state index contributed by atoms with van der Waals surface area (Å²) in [7, 11) is 0. The largest absolute Gasteiger partial charge is 0.381 e. The van der Waals surface area contributed by atoms with Gasteiger partial charge in [0.15, 0.2) is 0 Å². The minimum atomic E-state index is 0.500. The molecule has 3 heteroatoms. The molecule has 0 N–H and O–H groups in total. The Morgan fingerprint density at radius 3 is 1.71 bits per heavy atom. The molecule has 0 aromatic heterocycles. The normalized spacial score (nSPS) is 15.0. The van der Waals surface area contributed by atoms with Crippen LogP contribution in [0.2, 0.25) is 0 Å². The molecule has 14 heavy (non-hydrogen) atoms. The average molecular weight is 204 g/mol.